The Morgan fingerprint density at radius 2 is 2.00 bits per heavy atom. The minimum absolute atomic E-state index is 0.0901. The van der Waals surface area contributed by atoms with Crippen LogP contribution in [0.5, 0.6) is 11.5 Å². The van der Waals surface area contributed by atoms with Gasteiger partial charge in [0.05, 0.1) is 16.4 Å². The maximum atomic E-state index is 12.7. The highest BCUT2D eigenvalue weighted by atomic mass is 32.1. The molecule has 1 unspecified atom stereocenters. The molecule has 0 bridgehead atoms. The summed E-state index contributed by atoms with van der Waals surface area (Å²) >= 11 is 1.55. The zero-order chi connectivity index (χ0) is 21.8. The number of fused-ring (bicyclic) bond motifs is 1. The molecule has 0 fully saturated rings. The summed E-state index contributed by atoms with van der Waals surface area (Å²) in [6, 6.07) is 14.8. The molecule has 0 aliphatic carbocycles. The van der Waals surface area contributed by atoms with Gasteiger partial charge in [0.15, 0.2) is 6.10 Å². The fourth-order valence-corrected chi connectivity index (χ4v) is 3.85. The lowest BCUT2D eigenvalue weighted by molar-refractivity contribution is -0.144. The van der Waals surface area contributed by atoms with Crippen molar-refractivity contribution in [1.82, 2.24) is 4.98 Å². The molecule has 1 aliphatic heterocycles. The van der Waals surface area contributed by atoms with Gasteiger partial charge in [0.2, 0.25) is 0 Å². The fourth-order valence-electron chi connectivity index (χ4n) is 3.23. The molecule has 1 aromatic heterocycles. The standard InChI is InChI=1S/C23H22N2O5S/c1-15-23(27)25(13-22(26)29-11-10-28-18-6-4-3-5-7-18)20-12-17(8-9-21(20)30-15)19-14-31-16(2)24-19/h3-9,12,14-15H,10-11,13H2,1-2H3. The van der Waals surface area contributed by atoms with Crippen molar-refractivity contribution in [2.75, 3.05) is 24.7 Å². The van der Waals surface area contributed by atoms with Crippen LogP contribution >= 0.6 is 11.3 Å². The molecule has 1 aliphatic rings. The summed E-state index contributed by atoms with van der Waals surface area (Å²) in [7, 11) is 0. The molecular formula is C23H22N2O5S. The SMILES string of the molecule is Cc1nc(-c2ccc3c(c2)N(CC(=O)OCCOc2ccccc2)C(=O)C(C)O3)cs1. The van der Waals surface area contributed by atoms with E-state index in [2.05, 4.69) is 4.98 Å². The number of hydrogen-bond donors (Lipinski definition) is 0. The summed E-state index contributed by atoms with van der Waals surface area (Å²) in [5.41, 5.74) is 2.20. The van der Waals surface area contributed by atoms with Crippen molar-refractivity contribution in [2.45, 2.75) is 20.0 Å². The molecule has 2 aromatic carbocycles. The molecule has 1 amide bonds. The molecule has 0 N–H and O–H groups in total. The van der Waals surface area contributed by atoms with Gasteiger partial charge >= 0.3 is 5.97 Å². The van der Waals surface area contributed by atoms with E-state index in [0.717, 1.165) is 16.3 Å². The average molecular weight is 439 g/mol. The molecule has 0 saturated heterocycles. The van der Waals surface area contributed by atoms with Crippen LogP contribution < -0.4 is 14.4 Å². The molecule has 4 rings (SSSR count). The Morgan fingerprint density at radius 1 is 1.19 bits per heavy atom. The van der Waals surface area contributed by atoms with Crippen LogP contribution in [0.2, 0.25) is 0 Å². The van der Waals surface area contributed by atoms with Crippen LogP contribution in [0.15, 0.2) is 53.9 Å². The van der Waals surface area contributed by atoms with Gasteiger partial charge in [-0.3, -0.25) is 14.5 Å². The first kappa shape index (κ1) is 20.9. The zero-order valence-corrected chi connectivity index (χ0v) is 18.1. The van der Waals surface area contributed by atoms with Crippen LogP contribution in [0.3, 0.4) is 0 Å². The molecule has 160 valence electrons. The normalized spacial score (nSPS) is 15.2. The summed E-state index contributed by atoms with van der Waals surface area (Å²) < 4.78 is 16.5. The van der Waals surface area contributed by atoms with Crippen molar-refractivity contribution in [3.63, 3.8) is 0 Å². The van der Waals surface area contributed by atoms with Crippen LogP contribution in [-0.2, 0) is 14.3 Å². The number of carbonyl (C=O) groups excluding carboxylic acids is 2. The van der Waals surface area contributed by atoms with Crippen LogP contribution in [0.1, 0.15) is 11.9 Å². The van der Waals surface area contributed by atoms with Gasteiger partial charge in [-0.2, -0.15) is 0 Å². The smallest absolute Gasteiger partial charge is 0.326 e. The van der Waals surface area contributed by atoms with Crippen LogP contribution in [0.25, 0.3) is 11.3 Å². The highest BCUT2D eigenvalue weighted by Crippen LogP contribution is 2.37. The molecule has 1 atom stereocenters. The number of thiazole rings is 1. The second-order valence-corrected chi connectivity index (χ2v) is 8.06. The number of benzene rings is 2. The van der Waals surface area contributed by atoms with Crippen LogP contribution in [0, 0.1) is 6.92 Å². The van der Waals surface area contributed by atoms with Gasteiger partial charge in [0, 0.05) is 10.9 Å². The number of para-hydroxylation sites is 1. The first-order valence-electron chi connectivity index (χ1n) is 9.89. The number of aromatic nitrogens is 1. The Bertz CT molecular complexity index is 1080. The van der Waals surface area contributed by atoms with Gasteiger partial charge in [-0.05, 0) is 44.2 Å². The van der Waals surface area contributed by atoms with Crippen molar-refractivity contribution in [2.24, 2.45) is 0 Å². The molecule has 0 radical (unpaired) electrons. The van der Waals surface area contributed by atoms with E-state index in [4.69, 9.17) is 14.2 Å². The highest BCUT2D eigenvalue weighted by Gasteiger charge is 2.33. The van der Waals surface area contributed by atoms with Crippen molar-refractivity contribution >= 4 is 28.9 Å². The number of hydrogen-bond acceptors (Lipinski definition) is 7. The monoisotopic (exact) mass is 438 g/mol. The Morgan fingerprint density at radius 3 is 2.74 bits per heavy atom. The quantitative estimate of drug-likeness (QED) is 0.412. The van der Waals surface area contributed by atoms with Gasteiger partial charge in [0.25, 0.3) is 5.91 Å². The van der Waals surface area contributed by atoms with Crippen molar-refractivity contribution in [3.05, 3.63) is 58.9 Å². The number of carbonyl (C=O) groups is 2. The molecule has 8 heteroatoms. The van der Waals surface area contributed by atoms with E-state index >= 15 is 0 Å². The van der Waals surface area contributed by atoms with Crippen LogP contribution in [-0.4, -0.2) is 42.7 Å². The van der Waals surface area contributed by atoms with Gasteiger partial charge < -0.3 is 14.2 Å². The number of ether oxygens (including phenoxy) is 3. The third kappa shape index (κ3) is 4.86. The largest absolute Gasteiger partial charge is 0.490 e. The van der Waals surface area contributed by atoms with Gasteiger partial charge in [0.1, 0.15) is 31.3 Å². The molecule has 7 nitrogen and oxygen atoms in total. The summed E-state index contributed by atoms with van der Waals surface area (Å²) in [4.78, 5) is 31.1. The molecule has 0 saturated carbocycles. The summed E-state index contributed by atoms with van der Waals surface area (Å²) in [5, 5.41) is 2.91. The maximum Gasteiger partial charge on any atom is 0.326 e. The van der Waals surface area contributed by atoms with Crippen molar-refractivity contribution in [3.8, 4) is 22.8 Å². The first-order chi connectivity index (χ1) is 15.0. The fraction of sp³-hybridized carbons (Fsp3) is 0.261. The molecule has 0 spiro atoms. The summed E-state index contributed by atoms with van der Waals surface area (Å²) in [6.45, 7) is 3.71. The van der Waals surface area contributed by atoms with Gasteiger partial charge in [-0.25, -0.2) is 4.98 Å². The van der Waals surface area contributed by atoms with E-state index in [9.17, 15) is 9.59 Å². The van der Waals surface area contributed by atoms with E-state index in [1.807, 2.05) is 54.8 Å². The lowest BCUT2D eigenvalue weighted by Gasteiger charge is -2.32. The Labute approximate surface area is 184 Å². The van der Waals surface area contributed by atoms with E-state index in [1.54, 1.807) is 24.3 Å². The number of rotatable bonds is 7. The van der Waals surface area contributed by atoms with Crippen LogP contribution in [0.4, 0.5) is 5.69 Å². The van der Waals surface area contributed by atoms with Gasteiger partial charge in [-0.15, -0.1) is 11.3 Å². The van der Waals surface area contributed by atoms with E-state index < -0.39 is 12.1 Å². The zero-order valence-electron chi connectivity index (χ0n) is 17.2. The number of esters is 1. The second kappa shape index (κ2) is 9.18. The number of anilines is 1. The maximum absolute atomic E-state index is 12.7. The predicted octanol–water partition coefficient (Wildman–Crippen LogP) is 3.85. The Balaban J connectivity index is 1.43. The molecular weight excluding hydrogens is 416 g/mol. The van der Waals surface area contributed by atoms with Crippen molar-refractivity contribution in [1.29, 1.82) is 0 Å². The molecule has 2 heterocycles. The summed E-state index contributed by atoms with van der Waals surface area (Å²) in [5.74, 6) is 0.439. The third-order valence-corrected chi connectivity index (χ3v) is 5.50. The average Bonchev–Trinajstić information content (AvgIpc) is 3.21. The molecule has 3 aromatic rings. The topological polar surface area (TPSA) is 78.0 Å². The Hall–Kier alpha value is -3.39. The minimum atomic E-state index is -0.686. The lowest BCUT2D eigenvalue weighted by atomic mass is 10.1. The predicted molar refractivity (Wildman–Crippen MR) is 118 cm³/mol. The third-order valence-electron chi connectivity index (χ3n) is 4.73. The number of amides is 1. The lowest BCUT2D eigenvalue weighted by Crippen LogP contribution is -2.47. The number of aryl methyl sites for hydroxylation is 1. The second-order valence-electron chi connectivity index (χ2n) is 7.00. The van der Waals surface area contributed by atoms with Crippen molar-refractivity contribution < 1.29 is 23.8 Å². The van der Waals surface area contributed by atoms with E-state index in [-0.39, 0.29) is 25.7 Å². The van der Waals surface area contributed by atoms with Gasteiger partial charge in [-0.1, -0.05) is 18.2 Å². The van der Waals surface area contributed by atoms with E-state index in [1.165, 1.54) is 4.90 Å². The Kier molecular flexibility index (Phi) is 6.18. The first-order valence-corrected chi connectivity index (χ1v) is 10.8. The number of nitrogens with zero attached hydrogens (tertiary/aromatic N) is 2. The molecule has 31 heavy (non-hydrogen) atoms. The summed E-state index contributed by atoms with van der Waals surface area (Å²) in [6.07, 6.45) is -0.686. The highest BCUT2D eigenvalue weighted by molar-refractivity contribution is 7.09. The minimum Gasteiger partial charge on any atom is -0.490 e. The van der Waals surface area contributed by atoms with E-state index in [0.29, 0.717) is 17.2 Å².